The normalized spacial score (nSPS) is 16.6. The van der Waals surface area contributed by atoms with Gasteiger partial charge in [0.25, 0.3) is 0 Å². The van der Waals surface area contributed by atoms with Crippen molar-refractivity contribution < 1.29 is 9.59 Å². The molecular weight excluding hydrogens is 451 g/mol. The molecule has 27 heavy (non-hydrogen) atoms. The highest BCUT2D eigenvalue weighted by Crippen LogP contribution is 2.23. The van der Waals surface area contributed by atoms with Crippen LogP contribution in [0.2, 0.25) is 10.0 Å². The van der Waals surface area contributed by atoms with Crippen molar-refractivity contribution in [2.75, 3.05) is 13.1 Å². The van der Waals surface area contributed by atoms with Gasteiger partial charge in [-0.3, -0.25) is 9.59 Å². The van der Waals surface area contributed by atoms with Crippen LogP contribution in [0.15, 0.2) is 46.9 Å². The number of nitrogens with zero attached hydrogens (tertiary/aromatic N) is 1. The van der Waals surface area contributed by atoms with Gasteiger partial charge in [0, 0.05) is 40.6 Å². The molecule has 1 aliphatic rings. The summed E-state index contributed by atoms with van der Waals surface area (Å²) in [5, 5.41) is 4.09. The molecule has 3 rings (SSSR count). The first-order valence-electron chi connectivity index (χ1n) is 8.66. The topological polar surface area (TPSA) is 49.4 Å². The summed E-state index contributed by atoms with van der Waals surface area (Å²) in [6, 6.07) is 13.2. The van der Waals surface area contributed by atoms with E-state index in [9.17, 15) is 9.59 Å². The maximum atomic E-state index is 12.4. The highest BCUT2D eigenvalue weighted by Gasteiger charge is 2.34. The van der Waals surface area contributed by atoms with Crippen LogP contribution in [0.1, 0.15) is 17.5 Å². The molecule has 2 aromatic rings. The molecule has 0 aromatic heterocycles. The van der Waals surface area contributed by atoms with Crippen LogP contribution >= 0.6 is 39.1 Å². The zero-order valence-electron chi connectivity index (χ0n) is 14.6. The molecule has 2 amide bonds. The zero-order chi connectivity index (χ0) is 19.4. The van der Waals surface area contributed by atoms with E-state index in [1.807, 2.05) is 30.3 Å². The lowest BCUT2D eigenvalue weighted by molar-refractivity contribution is -0.129. The lowest BCUT2D eigenvalue weighted by atomic mass is 10.1. The molecule has 0 spiro atoms. The third-order valence-corrected chi connectivity index (χ3v) is 5.64. The van der Waals surface area contributed by atoms with E-state index in [2.05, 4.69) is 21.2 Å². The summed E-state index contributed by atoms with van der Waals surface area (Å²) in [7, 11) is 0. The van der Waals surface area contributed by atoms with E-state index in [4.69, 9.17) is 23.2 Å². The van der Waals surface area contributed by atoms with E-state index in [0.717, 1.165) is 15.6 Å². The van der Waals surface area contributed by atoms with Crippen molar-refractivity contribution in [1.82, 2.24) is 10.2 Å². The Morgan fingerprint density at radius 1 is 1.22 bits per heavy atom. The summed E-state index contributed by atoms with van der Waals surface area (Å²) in [5.41, 5.74) is 1.97. The Kier molecular flexibility index (Phi) is 6.79. The number of likely N-dealkylation sites (tertiary alicyclic amines) is 1. The van der Waals surface area contributed by atoms with Gasteiger partial charge in [-0.2, -0.15) is 0 Å². The van der Waals surface area contributed by atoms with Gasteiger partial charge in [0.15, 0.2) is 0 Å². The lowest BCUT2D eigenvalue weighted by Gasteiger charge is -2.17. The monoisotopic (exact) mass is 468 g/mol. The quantitative estimate of drug-likeness (QED) is 0.678. The first-order valence-corrected chi connectivity index (χ1v) is 10.2. The Labute approximate surface area is 177 Å². The molecule has 0 unspecified atom stereocenters. The molecule has 0 radical (unpaired) electrons. The average molecular weight is 470 g/mol. The number of hydrogen-bond donors (Lipinski definition) is 1. The van der Waals surface area contributed by atoms with Crippen LogP contribution in [0.25, 0.3) is 0 Å². The van der Waals surface area contributed by atoms with E-state index < -0.39 is 0 Å². The predicted octanol–water partition coefficient (Wildman–Crippen LogP) is 4.46. The summed E-state index contributed by atoms with van der Waals surface area (Å²) in [4.78, 5) is 26.4. The largest absolute Gasteiger partial charge is 0.355 e. The second kappa shape index (κ2) is 9.09. The second-order valence-electron chi connectivity index (χ2n) is 6.58. The second-order valence-corrected chi connectivity index (χ2v) is 8.34. The molecule has 0 bridgehead atoms. The Bertz CT molecular complexity index is 860. The van der Waals surface area contributed by atoms with Crippen molar-refractivity contribution in [1.29, 1.82) is 0 Å². The first-order chi connectivity index (χ1) is 12.9. The lowest BCUT2D eigenvalue weighted by Crippen LogP contribution is -2.34. The molecule has 1 N–H and O–H groups in total. The summed E-state index contributed by atoms with van der Waals surface area (Å²) in [6.07, 6.45) is 0.867. The third kappa shape index (κ3) is 5.47. The summed E-state index contributed by atoms with van der Waals surface area (Å²) in [6.45, 7) is 1.43. The van der Waals surface area contributed by atoms with E-state index in [1.54, 1.807) is 17.0 Å². The molecule has 0 saturated carbocycles. The highest BCUT2D eigenvalue weighted by molar-refractivity contribution is 9.10. The Morgan fingerprint density at radius 3 is 2.78 bits per heavy atom. The van der Waals surface area contributed by atoms with E-state index in [-0.39, 0.29) is 24.2 Å². The number of halogens is 3. The summed E-state index contributed by atoms with van der Waals surface area (Å²) >= 11 is 15.5. The van der Waals surface area contributed by atoms with Crippen LogP contribution in [0.3, 0.4) is 0 Å². The van der Waals surface area contributed by atoms with Crippen molar-refractivity contribution >= 4 is 50.9 Å². The van der Waals surface area contributed by atoms with Crippen molar-refractivity contribution in [3.63, 3.8) is 0 Å². The zero-order valence-corrected chi connectivity index (χ0v) is 17.6. The van der Waals surface area contributed by atoms with E-state index >= 15 is 0 Å². The average Bonchev–Trinajstić information content (AvgIpc) is 2.97. The van der Waals surface area contributed by atoms with Gasteiger partial charge in [0.2, 0.25) is 11.8 Å². The van der Waals surface area contributed by atoms with Crippen LogP contribution in [0, 0.1) is 5.92 Å². The number of carbonyl (C=O) groups excluding carboxylic acids is 2. The van der Waals surface area contributed by atoms with Crippen molar-refractivity contribution in [3.8, 4) is 0 Å². The maximum Gasteiger partial charge on any atom is 0.225 e. The Balaban J connectivity index is 1.50. The summed E-state index contributed by atoms with van der Waals surface area (Å²) < 4.78 is 0.974. The van der Waals surface area contributed by atoms with Gasteiger partial charge < -0.3 is 10.2 Å². The van der Waals surface area contributed by atoms with Gasteiger partial charge in [-0.25, -0.2) is 0 Å². The number of rotatable bonds is 6. The molecule has 1 saturated heterocycles. The number of carbonyl (C=O) groups is 2. The van der Waals surface area contributed by atoms with Crippen LogP contribution in [0.4, 0.5) is 0 Å². The van der Waals surface area contributed by atoms with Crippen LogP contribution < -0.4 is 5.32 Å². The van der Waals surface area contributed by atoms with Gasteiger partial charge in [-0.15, -0.1) is 0 Å². The Hall–Kier alpha value is -1.56. The predicted molar refractivity (Wildman–Crippen MR) is 111 cm³/mol. The van der Waals surface area contributed by atoms with Gasteiger partial charge >= 0.3 is 0 Å². The number of amides is 2. The fourth-order valence-corrected chi connectivity index (χ4v) is 4.10. The SMILES string of the molecule is O=C(NCCc1ccc(Cl)cc1Cl)[C@@H]1CC(=O)N(Cc2cccc(Br)c2)C1. The maximum absolute atomic E-state index is 12.4. The van der Waals surface area contributed by atoms with Crippen molar-refractivity contribution in [2.24, 2.45) is 5.92 Å². The molecule has 1 fully saturated rings. The van der Waals surface area contributed by atoms with E-state index in [0.29, 0.717) is 36.1 Å². The third-order valence-electron chi connectivity index (χ3n) is 4.56. The van der Waals surface area contributed by atoms with Crippen LogP contribution in [-0.2, 0) is 22.6 Å². The molecule has 2 aromatic carbocycles. The molecule has 7 heteroatoms. The van der Waals surface area contributed by atoms with Crippen molar-refractivity contribution in [2.45, 2.75) is 19.4 Å². The van der Waals surface area contributed by atoms with Crippen molar-refractivity contribution in [3.05, 3.63) is 68.1 Å². The molecule has 0 aliphatic carbocycles. The minimum absolute atomic E-state index is 0.0101. The van der Waals surface area contributed by atoms with Crippen LogP contribution in [0.5, 0.6) is 0 Å². The fraction of sp³-hybridized carbons (Fsp3) is 0.300. The molecule has 142 valence electrons. The van der Waals surface area contributed by atoms with Gasteiger partial charge in [0.1, 0.15) is 0 Å². The highest BCUT2D eigenvalue weighted by atomic mass is 79.9. The number of benzene rings is 2. The molecular formula is C20H19BrCl2N2O2. The molecule has 4 nitrogen and oxygen atoms in total. The fourth-order valence-electron chi connectivity index (χ4n) is 3.15. The summed E-state index contributed by atoms with van der Waals surface area (Å²) in [5.74, 6) is -0.397. The standard InChI is InChI=1S/C20H19BrCl2N2O2/c21-16-3-1-2-13(8-16)11-25-12-15(9-19(25)26)20(27)24-7-6-14-4-5-17(22)10-18(14)23/h1-5,8,10,15H,6-7,9,11-12H2,(H,24,27)/t15-/m1/s1. The van der Waals surface area contributed by atoms with Gasteiger partial charge in [0.05, 0.1) is 5.92 Å². The van der Waals surface area contributed by atoms with Crippen LogP contribution in [-0.4, -0.2) is 29.8 Å². The van der Waals surface area contributed by atoms with Gasteiger partial charge in [-0.1, -0.05) is 57.3 Å². The number of hydrogen-bond acceptors (Lipinski definition) is 2. The molecule has 1 heterocycles. The first kappa shape index (κ1) is 20.2. The molecule has 1 aliphatic heterocycles. The minimum Gasteiger partial charge on any atom is -0.355 e. The minimum atomic E-state index is -0.314. The van der Waals surface area contributed by atoms with Gasteiger partial charge in [-0.05, 0) is 41.8 Å². The molecule has 1 atom stereocenters. The smallest absolute Gasteiger partial charge is 0.225 e. The number of nitrogens with one attached hydrogen (secondary N) is 1. The Morgan fingerprint density at radius 2 is 2.04 bits per heavy atom. The van der Waals surface area contributed by atoms with E-state index in [1.165, 1.54) is 0 Å².